The Hall–Kier alpha value is -1.91. The number of hydrogen-bond donors (Lipinski definition) is 0. The van der Waals surface area contributed by atoms with Crippen LogP contribution in [0.2, 0.25) is 0 Å². The Morgan fingerprint density at radius 3 is 2.72 bits per heavy atom. The normalized spacial score (nSPS) is 14.8. The Morgan fingerprint density at radius 1 is 1.11 bits per heavy atom. The topological polar surface area (TPSA) is 14.2 Å². The van der Waals surface area contributed by atoms with Gasteiger partial charge in [-0.25, -0.2) is 0 Å². The summed E-state index contributed by atoms with van der Waals surface area (Å²) in [7, 11) is 0. The maximum absolute atomic E-state index is 12.1. The third-order valence-electron chi connectivity index (χ3n) is 2.97. The second-order valence-electron chi connectivity index (χ2n) is 4.19. The van der Waals surface area contributed by atoms with Crippen LogP contribution < -0.4 is 4.74 Å². The SMILES string of the molecule is FC(F)(F)Oc1ccc2c(c1)cc1n2CC=CC1. The van der Waals surface area contributed by atoms with Gasteiger partial charge < -0.3 is 9.30 Å². The third-order valence-corrected chi connectivity index (χ3v) is 2.97. The number of benzene rings is 1. The Labute approximate surface area is 101 Å². The van der Waals surface area contributed by atoms with Gasteiger partial charge in [0.1, 0.15) is 5.75 Å². The number of hydrogen-bond acceptors (Lipinski definition) is 1. The maximum atomic E-state index is 12.1. The van der Waals surface area contributed by atoms with Gasteiger partial charge >= 0.3 is 6.36 Å². The first kappa shape index (κ1) is 11.2. The lowest BCUT2D eigenvalue weighted by Crippen LogP contribution is -2.17. The molecule has 1 aromatic carbocycles. The molecule has 0 atom stereocenters. The molecule has 5 heteroatoms. The van der Waals surface area contributed by atoms with Gasteiger partial charge in [-0.3, -0.25) is 0 Å². The van der Waals surface area contributed by atoms with Gasteiger partial charge in [-0.1, -0.05) is 12.2 Å². The van der Waals surface area contributed by atoms with Gasteiger partial charge in [0.05, 0.1) is 0 Å². The Balaban J connectivity index is 2.03. The fraction of sp³-hybridized carbons (Fsp3) is 0.231. The van der Waals surface area contributed by atoms with E-state index in [2.05, 4.69) is 15.4 Å². The molecule has 0 radical (unpaired) electrons. The highest BCUT2D eigenvalue weighted by molar-refractivity contribution is 5.83. The molecule has 0 bridgehead atoms. The predicted molar refractivity (Wildman–Crippen MR) is 61.5 cm³/mol. The van der Waals surface area contributed by atoms with Gasteiger partial charge in [0.25, 0.3) is 0 Å². The minimum absolute atomic E-state index is 0.175. The smallest absolute Gasteiger partial charge is 0.406 e. The van der Waals surface area contributed by atoms with Crippen molar-refractivity contribution in [3.05, 3.63) is 42.1 Å². The molecule has 94 valence electrons. The van der Waals surface area contributed by atoms with Crippen LogP contribution in [0.15, 0.2) is 36.4 Å². The highest BCUT2D eigenvalue weighted by Crippen LogP contribution is 2.29. The van der Waals surface area contributed by atoms with E-state index >= 15 is 0 Å². The lowest BCUT2D eigenvalue weighted by atomic mass is 10.2. The number of ether oxygens (including phenoxy) is 1. The highest BCUT2D eigenvalue weighted by Gasteiger charge is 2.31. The van der Waals surface area contributed by atoms with Crippen molar-refractivity contribution in [1.82, 2.24) is 4.57 Å². The lowest BCUT2D eigenvalue weighted by Gasteiger charge is -2.11. The van der Waals surface area contributed by atoms with Crippen molar-refractivity contribution in [1.29, 1.82) is 0 Å². The van der Waals surface area contributed by atoms with Crippen molar-refractivity contribution >= 4 is 10.9 Å². The van der Waals surface area contributed by atoms with Crippen molar-refractivity contribution in [3.63, 3.8) is 0 Å². The number of allylic oxidation sites excluding steroid dienone is 2. The molecule has 1 aliphatic heterocycles. The van der Waals surface area contributed by atoms with Crippen LogP contribution in [0.4, 0.5) is 13.2 Å². The summed E-state index contributed by atoms with van der Waals surface area (Å²) in [5, 5.41) is 0.774. The first-order valence-electron chi connectivity index (χ1n) is 5.56. The highest BCUT2D eigenvalue weighted by atomic mass is 19.4. The molecule has 0 aliphatic carbocycles. The van der Waals surface area contributed by atoms with Crippen molar-refractivity contribution in [2.24, 2.45) is 0 Å². The number of alkyl halides is 3. The van der Waals surface area contributed by atoms with Crippen molar-refractivity contribution in [2.75, 3.05) is 0 Å². The average Bonchev–Trinajstić information content (AvgIpc) is 2.64. The van der Waals surface area contributed by atoms with E-state index in [-0.39, 0.29) is 5.75 Å². The lowest BCUT2D eigenvalue weighted by molar-refractivity contribution is -0.274. The Bertz CT molecular complexity index is 625. The van der Waals surface area contributed by atoms with Gasteiger partial charge in [-0.05, 0) is 24.3 Å². The van der Waals surface area contributed by atoms with E-state index in [4.69, 9.17) is 0 Å². The predicted octanol–water partition coefficient (Wildman–Crippen LogP) is 3.65. The summed E-state index contributed by atoms with van der Waals surface area (Å²) in [4.78, 5) is 0. The van der Waals surface area contributed by atoms with Crippen LogP contribution in [0.5, 0.6) is 5.75 Å². The number of aromatic nitrogens is 1. The minimum Gasteiger partial charge on any atom is -0.406 e. The Kier molecular flexibility index (Phi) is 2.36. The molecule has 3 rings (SSSR count). The van der Waals surface area contributed by atoms with Crippen LogP contribution >= 0.6 is 0 Å². The second kappa shape index (κ2) is 3.80. The van der Waals surface area contributed by atoms with E-state index in [0.29, 0.717) is 0 Å². The zero-order valence-electron chi connectivity index (χ0n) is 9.37. The van der Waals surface area contributed by atoms with Gasteiger partial charge in [-0.15, -0.1) is 13.2 Å². The van der Waals surface area contributed by atoms with Crippen LogP contribution in [-0.4, -0.2) is 10.9 Å². The molecule has 1 aromatic heterocycles. The van der Waals surface area contributed by atoms with Crippen molar-refractivity contribution < 1.29 is 17.9 Å². The molecule has 0 saturated carbocycles. The average molecular weight is 253 g/mol. The number of fused-ring (bicyclic) bond motifs is 3. The molecular formula is C13H10F3NO. The van der Waals surface area contributed by atoms with E-state index in [1.54, 1.807) is 6.07 Å². The monoisotopic (exact) mass is 253 g/mol. The molecule has 2 aromatic rings. The number of halogens is 3. The van der Waals surface area contributed by atoms with Crippen LogP contribution in [0.1, 0.15) is 5.69 Å². The summed E-state index contributed by atoms with van der Waals surface area (Å²) in [5.74, 6) is -0.175. The van der Waals surface area contributed by atoms with E-state index in [1.807, 2.05) is 12.1 Å². The molecule has 2 heterocycles. The van der Waals surface area contributed by atoms with E-state index in [9.17, 15) is 13.2 Å². The molecule has 0 spiro atoms. The molecule has 0 fully saturated rings. The summed E-state index contributed by atoms with van der Waals surface area (Å²) >= 11 is 0. The van der Waals surface area contributed by atoms with Gasteiger partial charge in [0.15, 0.2) is 0 Å². The van der Waals surface area contributed by atoms with Crippen LogP contribution in [-0.2, 0) is 13.0 Å². The summed E-state index contributed by atoms with van der Waals surface area (Å²) in [5.41, 5.74) is 2.04. The quantitative estimate of drug-likeness (QED) is 0.707. The number of nitrogens with zero attached hydrogens (tertiary/aromatic N) is 1. The first-order valence-corrected chi connectivity index (χ1v) is 5.56. The molecule has 2 nitrogen and oxygen atoms in total. The van der Waals surface area contributed by atoms with E-state index < -0.39 is 6.36 Å². The van der Waals surface area contributed by atoms with E-state index in [0.717, 1.165) is 29.6 Å². The Morgan fingerprint density at radius 2 is 1.94 bits per heavy atom. The molecule has 1 aliphatic rings. The first-order chi connectivity index (χ1) is 8.53. The summed E-state index contributed by atoms with van der Waals surface area (Å²) < 4.78 is 42.4. The molecule has 0 unspecified atom stereocenters. The van der Waals surface area contributed by atoms with Crippen molar-refractivity contribution in [3.8, 4) is 5.75 Å². The van der Waals surface area contributed by atoms with Crippen LogP contribution in [0, 0.1) is 0 Å². The zero-order chi connectivity index (χ0) is 12.8. The summed E-state index contributed by atoms with van der Waals surface area (Å²) in [6, 6.07) is 6.34. The van der Waals surface area contributed by atoms with Crippen LogP contribution in [0.3, 0.4) is 0 Å². The molecule has 0 N–H and O–H groups in total. The molecular weight excluding hydrogens is 243 g/mol. The summed E-state index contributed by atoms with van der Waals surface area (Å²) in [6.45, 7) is 0.762. The zero-order valence-corrected chi connectivity index (χ0v) is 9.37. The standard InChI is InChI=1S/C13H10F3NO/c14-13(15,16)18-11-4-5-12-9(8-11)7-10-3-1-2-6-17(10)12/h1-2,4-5,7-8H,3,6H2. The fourth-order valence-corrected chi connectivity index (χ4v) is 2.27. The largest absolute Gasteiger partial charge is 0.573 e. The van der Waals surface area contributed by atoms with Gasteiger partial charge in [0, 0.05) is 29.6 Å². The third kappa shape index (κ3) is 1.96. The fourth-order valence-electron chi connectivity index (χ4n) is 2.27. The molecule has 18 heavy (non-hydrogen) atoms. The molecule has 0 saturated heterocycles. The second-order valence-corrected chi connectivity index (χ2v) is 4.19. The number of rotatable bonds is 1. The maximum Gasteiger partial charge on any atom is 0.573 e. The molecule has 0 amide bonds. The van der Waals surface area contributed by atoms with Gasteiger partial charge in [-0.2, -0.15) is 0 Å². The van der Waals surface area contributed by atoms with Crippen LogP contribution in [0.25, 0.3) is 10.9 Å². The van der Waals surface area contributed by atoms with Crippen molar-refractivity contribution in [2.45, 2.75) is 19.3 Å². The van der Waals surface area contributed by atoms with E-state index in [1.165, 1.54) is 12.1 Å². The minimum atomic E-state index is -4.64. The van der Waals surface area contributed by atoms with Gasteiger partial charge in [0.2, 0.25) is 0 Å². The summed E-state index contributed by atoms with van der Waals surface area (Å²) in [6.07, 6.45) is 0.270.